The molecule has 2 rings (SSSR count). The van der Waals surface area contributed by atoms with Crippen molar-refractivity contribution in [1.29, 1.82) is 0 Å². The third kappa shape index (κ3) is 2.08. The molecule has 0 spiro atoms. The molecule has 18 heavy (non-hydrogen) atoms. The number of phenols is 1. The maximum atomic E-state index is 12.1. The molecule has 1 aliphatic heterocycles. The fourth-order valence-electron chi connectivity index (χ4n) is 2.05. The van der Waals surface area contributed by atoms with E-state index in [1.165, 1.54) is 6.07 Å². The van der Waals surface area contributed by atoms with Crippen molar-refractivity contribution in [1.82, 2.24) is 4.90 Å². The maximum absolute atomic E-state index is 12.1. The Bertz CT molecular complexity index is 476. The zero-order valence-electron chi connectivity index (χ0n) is 11.0. The molecule has 1 aromatic carbocycles. The fraction of sp³-hybridized carbons (Fsp3) is 0.500. The van der Waals surface area contributed by atoms with E-state index >= 15 is 0 Å². The lowest BCUT2D eigenvalue weighted by molar-refractivity contribution is -0.110. The molecule has 1 saturated heterocycles. The summed E-state index contributed by atoms with van der Waals surface area (Å²) < 4.78 is 0. The van der Waals surface area contributed by atoms with Gasteiger partial charge in [0.05, 0.1) is 13.1 Å². The van der Waals surface area contributed by atoms with Gasteiger partial charge < -0.3 is 15.1 Å². The van der Waals surface area contributed by atoms with Crippen molar-refractivity contribution in [2.45, 2.75) is 26.4 Å². The van der Waals surface area contributed by atoms with Crippen LogP contribution in [0.15, 0.2) is 18.2 Å². The number of rotatable bonds is 2. The molecule has 1 fully saturated rings. The molecule has 0 aliphatic carbocycles. The van der Waals surface area contributed by atoms with Crippen LogP contribution in [0.4, 0.5) is 0 Å². The second-order valence-corrected chi connectivity index (χ2v) is 5.42. The Kier molecular flexibility index (Phi) is 3.07. The Morgan fingerprint density at radius 1 is 1.39 bits per heavy atom. The molecule has 0 saturated carbocycles. The number of aromatic hydroxyl groups is 1. The topological polar surface area (TPSA) is 60.8 Å². The van der Waals surface area contributed by atoms with Gasteiger partial charge in [-0.3, -0.25) is 4.79 Å². The molecule has 0 radical (unpaired) electrons. The molecule has 1 amide bonds. The number of carbonyl (C=O) groups excluding carboxylic acids is 1. The van der Waals surface area contributed by atoms with Crippen molar-refractivity contribution in [3.63, 3.8) is 0 Å². The molecule has 4 heteroatoms. The molecule has 0 unspecified atom stereocenters. The highest BCUT2D eigenvalue weighted by molar-refractivity contribution is 5.95. The zero-order chi connectivity index (χ0) is 13.5. The lowest BCUT2D eigenvalue weighted by atomic mass is 9.82. The number of aliphatic hydroxyl groups is 1. The summed E-state index contributed by atoms with van der Waals surface area (Å²) in [5, 5.41) is 19.7. The molecule has 2 N–H and O–H groups in total. The highest BCUT2D eigenvalue weighted by atomic mass is 16.3. The van der Waals surface area contributed by atoms with Crippen LogP contribution in [0.1, 0.15) is 29.8 Å². The van der Waals surface area contributed by atoms with E-state index in [4.69, 9.17) is 0 Å². The van der Waals surface area contributed by atoms with Crippen molar-refractivity contribution >= 4 is 5.91 Å². The van der Waals surface area contributed by atoms with Gasteiger partial charge in [0.15, 0.2) is 0 Å². The van der Waals surface area contributed by atoms with Crippen LogP contribution < -0.4 is 0 Å². The minimum Gasteiger partial charge on any atom is -0.508 e. The van der Waals surface area contributed by atoms with Crippen molar-refractivity contribution in [3.8, 4) is 5.75 Å². The first-order valence-electron chi connectivity index (χ1n) is 6.15. The van der Waals surface area contributed by atoms with Gasteiger partial charge in [-0.2, -0.15) is 0 Å². The summed E-state index contributed by atoms with van der Waals surface area (Å²) >= 11 is 0. The number of carbonyl (C=O) groups is 1. The molecule has 1 aromatic rings. The van der Waals surface area contributed by atoms with E-state index in [2.05, 4.69) is 0 Å². The van der Waals surface area contributed by atoms with Gasteiger partial charge in [0.1, 0.15) is 11.4 Å². The monoisotopic (exact) mass is 249 g/mol. The van der Waals surface area contributed by atoms with Gasteiger partial charge in [0.25, 0.3) is 5.91 Å². The van der Waals surface area contributed by atoms with Crippen molar-refractivity contribution < 1.29 is 15.0 Å². The lowest BCUT2D eigenvalue weighted by Gasteiger charge is -2.49. The summed E-state index contributed by atoms with van der Waals surface area (Å²) in [6.07, 6.45) is 0. The van der Waals surface area contributed by atoms with E-state index in [0.717, 1.165) is 5.56 Å². The third-order valence-corrected chi connectivity index (χ3v) is 3.75. The van der Waals surface area contributed by atoms with Gasteiger partial charge in [0.2, 0.25) is 0 Å². The van der Waals surface area contributed by atoms with E-state index in [1.54, 1.807) is 24.0 Å². The molecular formula is C14H19NO3. The summed E-state index contributed by atoms with van der Waals surface area (Å²) in [7, 11) is 0. The van der Waals surface area contributed by atoms with Gasteiger partial charge in [-0.15, -0.1) is 0 Å². The lowest BCUT2D eigenvalue weighted by Crippen LogP contribution is -2.65. The van der Waals surface area contributed by atoms with Gasteiger partial charge in [-0.05, 0) is 30.5 Å². The quantitative estimate of drug-likeness (QED) is 0.836. The predicted molar refractivity (Wildman–Crippen MR) is 68.5 cm³/mol. The smallest absolute Gasteiger partial charge is 0.254 e. The number of likely N-dealkylation sites (tertiary alicyclic amines) is 1. The SMILES string of the molecule is Cc1ccc(C(=O)N2CC(O)(C(C)C)C2)cc1O. The number of hydrogen-bond acceptors (Lipinski definition) is 3. The Balaban J connectivity index is 2.08. The minimum atomic E-state index is -0.762. The second kappa shape index (κ2) is 4.28. The molecule has 1 heterocycles. The van der Waals surface area contributed by atoms with Crippen LogP contribution in [0.3, 0.4) is 0 Å². The molecule has 0 bridgehead atoms. The number of hydrogen-bond donors (Lipinski definition) is 2. The number of β-amino-alcohol motifs (C(OH)–C–C–N with tert-alkyl or cyclic N) is 1. The van der Waals surface area contributed by atoms with Gasteiger partial charge in [0, 0.05) is 5.56 Å². The first-order chi connectivity index (χ1) is 8.33. The van der Waals surface area contributed by atoms with Crippen LogP contribution >= 0.6 is 0 Å². The zero-order valence-corrected chi connectivity index (χ0v) is 11.0. The predicted octanol–water partition coefficient (Wildman–Crippen LogP) is 1.54. The Hall–Kier alpha value is -1.55. The van der Waals surface area contributed by atoms with E-state index in [1.807, 2.05) is 13.8 Å². The Morgan fingerprint density at radius 2 is 2.00 bits per heavy atom. The Labute approximate surface area is 107 Å². The first kappa shape index (κ1) is 12.9. The molecular weight excluding hydrogens is 230 g/mol. The summed E-state index contributed by atoms with van der Waals surface area (Å²) in [5.74, 6) is 0.115. The maximum Gasteiger partial charge on any atom is 0.254 e. The summed E-state index contributed by atoms with van der Waals surface area (Å²) in [4.78, 5) is 13.7. The van der Waals surface area contributed by atoms with E-state index in [9.17, 15) is 15.0 Å². The van der Waals surface area contributed by atoms with Crippen LogP contribution in [0.5, 0.6) is 5.75 Å². The standard InChI is InChI=1S/C14H19NO3/c1-9(2)14(18)7-15(8-14)13(17)11-5-4-10(3)12(16)6-11/h4-6,9,16,18H,7-8H2,1-3H3. The first-order valence-corrected chi connectivity index (χ1v) is 6.15. The average Bonchev–Trinajstić information content (AvgIpc) is 2.27. The highest BCUT2D eigenvalue weighted by Gasteiger charge is 2.45. The molecule has 0 atom stereocenters. The number of phenolic OH excluding ortho intramolecular Hbond substituents is 1. The Morgan fingerprint density at radius 3 is 2.50 bits per heavy atom. The normalized spacial score (nSPS) is 17.7. The van der Waals surface area contributed by atoms with Gasteiger partial charge in [-0.1, -0.05) is 19.9 Å². The van der Waals surface area contributed by atoms with E-state index < -0.39 is 5.60 Å². The molecule has 0 aromatic heterocycles. The summed E-state index contributed by atoms with van der Waals surface area (Å²) in [6.45, 7) is 6.39. The molecule has 4 nitrogen and oxygen atoms in total. The van der Waals surface area contributed by atoms with E-state index in [-0.39, 0.29) is 17.6 Å². The van der Waals surface area contributed by atoms with Crippen LogP contribution in [0.25, 0.3) is 0 Å². The highest BCUT2D eigenvalue weighted by Crippen LogP contribution is 2.30. The largest absolute Gasteiger partial charge is 0.508 e. The molecule has 1 aliphatic rings. The number of aryl methyl sites for hydroxylation is 1. The second-order valence-electron chi connectivity index (χ2n) is 5.42. The molecule has 98 valence electrons. The van der Waals surface area contributed by atoms with Crippen LogP contribution in [0.2, 0.25) is 0 Å². The summed E-state index contributed by atoms with van der Waals surface area (Å²) in [5.41, 5.74) is 0.445. The van der Waals surface area contributed by atoms with Gasteiger partial charge in [-0.25, -0.2) is 0 Å². The number of amides is 1. The van der Waals surface area contributed by atoms with E-state index in [0.29, 0.717) is 18.7 Å². The minimum absolute atomic E-state index is 0.125. The van der Waals surface area contributed by atoms with Gasteiger partial charge >= 0.3 is 0 Å². The van der Waals surface area contributed by atoms with Crippen molar-refractivity contribution in [3.05, 3.63) is 29.3 Å². The van der Waals surface area contributed by atoms with Crippen LogP contribution in [-0.2, 0) is 0 Å². The summed E-state index contributed by atoms with van der Waals surface area (Å²) in [6, 6.07) is 4.89. The van der Waals surface area contributed by atoms with Crippen molar-refractivity contribution in [2.75, 3.05) is 13.1 Å². The number of nitrogens with zero attached hydrogens (tertiary/aromatic N) is 1. The van der Waals surface area contributed by atoms with Crippen molar-refractivity contribution in [2.24, 2.45) is 5.92 Å². The van der Waals surface area contributed by atoms with Crippen LogP contribution in [-0.4, -0.2) is 39.7 Å². The third-order valence-electron chi connectivity index (χ3n) is 3.75. The fourth-order valence-corrected chi connectivity index (χ4v) is 2.05. The number of benzene rings is 1. The van der Waals surface area contributed by atoms with Crippen LogP contribution in [0, 0.1) is 12.8 Å². The average molecular weight is 249 g/mol.